The topological polar surface area (TPSA) is 38.3 Å². The summed E-state index contributed by atoms with van der Waals surface area (Å²) in [7, 11) is 0. The van der Waals surface area contributed by atoms with E-state index in [1.165, 1.54) is 0 Å². The van der Waals surface area contributed by atoms with Gasteiger partial charge in [0.15, 0.2) is 0 Å². The van der Waals surface area contributed by atoms with E-state index >= 15 is 0 Å². The van der Waals surface area contributed by atoms with Crippen LogP contribution in [0.3, 0.4) is 0 Å². The number of amides is 1. The van der Waals surface area contributed by atoms with Gasteiger partial charge in [0.1, 0.15) is 5.75 Å². The fourth-order valence-corrected chi connectivity index (χ4v) is 1.87. The van der Waals surface area contributed by atoms with E-state index in [2.05, 4.69) is 12.2 Å². The monoisotopic (exact) mass is 269 g/mol. The summed E-state index contributed by atoms with van der Waals surface area (Å²) in [5.74, 6) is 0.758. The molecule has 0 heterocycles. The second kappa shape index (κ2) is 7.34. The molecule has 0 spiro atoms. The first-order valence-corrected chi connectivity index (χ1v) is 6.84. The Morgan fingerprint density at radius 1 is 1.10 bits per heavy atom. The first kappa shape index (κ1) is 14.1. The van der Waals surface area contributed by atoms with Crippen LogP contribution in [0.2, 0.25) is 0 Å². The van der Waals surface area contributed by atoms with E-state index in [1.807, 2.05) is 54.6 Å². The SMILES string of the molecule is CCCOc1cccc(NC(=O)Cc2ccccc2)c1. The summed E-state index contributed by atoms with van der Waals surface area (Å²) in [6.07, 6.45) is 1.34. The Morgan fingerprint density at radius 2 is 1.90 bits per heavy atom. The van der Waals surface area contributed by atoms with Crippen LogP contribution < -0.4 is 10.1 Å². The molecule has 0 saturated heterocycles. The summed E-state index contributed by atoms with van der Waals surface area (Å²) in [5.41, 5.74) is 1.77. The highest BCUT2D eigenvalue weighted by Gasteiger charge is 2.04. The molecule has 2 aromatic rings. The largest absolute Gasteiger partial charge is 0.494 e. The Hall–Kier alpha value is -2.29. The van der Waals surface area contributed by atoms with Crippen molar-refractivity contribution < 1.29 is 9.53 Å². The summed E-state index contributed by atoms with van der Waals surface area (Å²) >= 11 is 0. The predicted molar refractivity (Wildman–Crippen MR) is 81.0 cm³/mol. The van der Waals surface area contributed by atoms with Crippen molar-refractivity contribution in [1.29, 1.82) is 0 Å². The van der Waals surface area contributed by atoms with Crippen LogP contribution in [-0.2, 0) is 11.2 Å². The van der Waals surface area contributed by atoms with Crippen molar-refractivity contribution >= 4 is 11.6 Å². The summed E-state index contributed by atoms with van der Waals surface area (Å²) < 4.78 is 5.54. The highest BCUT2D eigenvalue weighted by Crippen LogP contribution is 2.17. The molecule has 0 bridgehead atoms. The van der Waals surface area contributed by atoms with Gasteiger partial charge in [-0.05, 0) is 24.1 Å². The van der Waals surface area contributed by atoms with E-state index in [-0.39, 0.29) is 5.91 Å². The van der Waals surface area contributed by atoms with Crippen molar-refractivity contribution in [3.8, 4) is 5.75 Å². The van der Waals surface area contributed by atoms with Gasteiger partial charge in [0.2, 0.25) is 5.91 Å². The molecule has 104 valence electrons. The van der Waals surface area contributed by atoms with E-state index < -0.39 is 0 Å². The van der Waals surface area contributed by atoms with Gasteiger partial charge in [0.25, 0.3) is 0 Å². The fraction of sp³-hybridized carbons (Fsp3) is 0.235. The molecule has 0 aliphatic carbocycles. The molecular weight excluding hydrogens is 250 g/mol. The molecule has 3 nitrogen and oxygen atoms in total. The van der Waals surface area contributed by atoms with Crippen LogP contribution in [0.15, 0.2) is 54.6 Å². The normalized spacial score (nSPS) is 10.1. The number of carbonyl (C=O) groups is 1. The second-order valence-electron chi connectivity index (χ2n) is 4.59. The molecule has 0 radical (unpaired) electrons. The minimum atomic E-state index is -0.0242. The van der Waals surface area contributed by atoms with Gasteiger partial charge in [0.05, 0.1) is 13.0 Å². The Labute approximate surface area is 119 Å². The summed E-state index contributed by atoms with van der Waals surface area (Å²) in [5, 5.41) is 2.89. The molecule has 1 N–H and O–H groups in total. The number of nitrogens with one attached hydrogen (secondary N) is 1. The lowest BCUT2D eigenvalue weighted by Gasteiger charge is -2.08. The number of hydrogen-bond acceptors (Lipinski definition) is 2. The first-order valence-electron chi connectivity index (χ1n) is 6.84. The van der Waals surface area contributed by atoms with Gasteiger partial charge in [-0.2, -0.15) is 0 Å². The van der Waals surface area contributed by atoms with Gasteiger partial charge in [-0.25, -0.2) is 0 Å². The third kappa shape index (κ3) is 4.43. The lowest BCUT2D eigenvalue weighted by atomic mass is 10.1. The molecule has 0 aromatic heterocycles. The van der Waals surface area contributed by atoms with Gasteiger partial charge >= 0.3 is 0 Å². The maximum absolute atomic E-state index is 12.0. The standard InChI is InChI=1S/C17H19NO2/c1-2-11-20-16-10-6-9-15(13-16)18-17(19)12-14-7-4-3-5-8-14/h3-10,13H,2,11-12H2,1H3,(H,18,19). The van der Waals surface area contributed by atoms with E-state index in [4.69, 9.17) is 4.74 Å². The number of rotatable bonds is 6. The van der Waals surface area contributed by atoms with Crippen molar-refractivity contribution in [1.82, 2.24) is 0 Å². The third-order valence-electron chi connectivity index (χ3n) is 2.80. The third-order valence-corrected chi connectivity index (χ3v) is 2.80. The van der Waals surface area contributed by atoms with Crippen molar-refractivity contribution in [2.75, 3.05) is 11.9 Å². The second-order valence-corrected chi connectivity index (χ2v) is 4.59. The quantitative estimate of drug-likeness (QED) is 0.869. The smallest absolute Gasteiger partial charge is 0.228 e. The minimum absolute atomic E-state index is 0.0242. The van der Waals surface area contributed by atoms with Crippen molar-refractivity contribution in [3.63, 3.8) is 0 Å². The Morgan fingerprint density at radius 3 is 2.65 bits per heavy atom. The van der Waals surface area contributed by atoms with Crippen LogP contribution in [0.25, 0.3) is 0 Å². The Bertz CT molecular complexity index is 552. The Kier molecular flexibility index (Phi) is 5.18. The molecular formula is C17H19NO2. The van der Waals surface area contributed by atoms with Gasteiger partial charge in [-0.3, -0.25) is 4.79 Å². The lowest BCUT2D eigenvalue weighted by molar-refractivity contribution is -0.115. The molecule has 2 rings (SSSR count). The zero-order valence-corrected chi connectivity index (χ0v) is 11.6. The highest BCUT2D eigenvalue weighted by atomic mass is 16.5. The van der Waals surface area contributed by atoms with Crippen molar-refractivity contribution in [3.05, 3.63) is 60.2 Å². The minimum Gasteiger partial charge on any atom is -0.494 e. The Balaban J connectivity index is 1.94. The summed E-state index contributed by atoms with van der Waals surface area (Å²) in [6, 6.07) is 17.2. The van der Waals surface area contributed by atoms with Crippen LogP contribution >= 0.6 is 0 Å². The van der Waals surface area contributed by atoms with Gasteiger partial charge in [-0.1, -0.05) is 43.3 Å². The fourth-order valence-electron chi connectivity index (χ4n) is 1.87. The van der Waals surface area contributed by atoms with Gasteiger partial charge in [0, 0.05) is 11.8 Å². The molecule has 3 heteroatoms. The highest BCUT2D eigenvalue weighted by molar-refractivity contribution is 5.92. The van der Waals surface area contributed by atoms with Crippen LogP contribution in [0.5, 0.6) is 5.75 Å². The molecule has 20 heavy (non-hydrogen) atoms. The molecule has 0 unspecified atom stereocenters. The molecule has 2 aromatic carbocycles. The van der Waals surface area contributed by atoms with Gasteiger partial charge < -0.3 is 10.1 Å². The number of carbonyl (C=O) groups excluding carboxylic acids is 1. The molecule has 0 atom stereocenters. The van der Waals surface area contributed by atoms with Crippen LogP contribution in [-0.4, -0.2) is 12.5 Å². The summed E-state index contributed by atoms with van der Waals surface area (Å²) in [6.45, 7) is 2.74. The van der Waals surface area contributed by atoms with Gasteiger partial charge in [-0.15, -0.1) is 0 Å². The zero-order valence-electron chi connectivity index (χ0n) is 11.6. The first-order chi connectivity index (χ1) is 9.78. The number of ether oxygens (including phenoxy) is 1. The van der Waals surface area contributed by atoms with Crippen molar-refractivity contribution in [2.24, 2.45) is 0 Å². The number of benzene rings is 2. The van der Waals surface area contributed by atoms with Crippen LogP contribution in [0.1, 0.15) is 18.9 Å². The lowest BCUT2D eigenvalue weighted by Crippen LogP contribution is -2.14. The van der Waals surface area contributed by atoms with E-state index in [1.54, 1.807) is 0 Å². The zero-order chi connectivity index (χ0) is 14.2. The van der Waals surface area contributed by atoms with E-state index in [0.29, 0.717) is 13.0 Å². The number of hydrogen-bond donors (Lipinski definition) is 1. The van der Waals surface area contributed by atoms with E-state index in [9.17, 15) is 4.79 Å². The molecule has 0 aliphatic heterocycles. The predicted octanol–water partition coefficient (Wildman–Crippen LogP) is 3.66. The maximum Gasteiger partial charge on any atom is 0.228 e. The summed E-state index contributed by atoms with van der Waals surface area (Å²) in [4.78, 5) is 12.0. The van der Waals surface area contributed by atoms with E-state index in [0.717, 1.165) is 23.4 Å². The molecule has 0 saturated carbocycles. The van der Waals surface area contributed by atoms with Crippen LogP contribution in [0, 0.1) is 0 Å². The molecule has 0 aliphatic rings. The maximum atomic E-state index is 12.0. The average molecular weight is 269 g/mol. The molecule has 0 fully saturated rings. The van der Waals surface area contributed by atoms with Crippen LogP contribution in [0.4, 0.5) is 5.69 Å². The molecule has 1 amide bonds. The number of anilines is 1. The average Bonchev–Trinajstić information content (AvgIpc) is 2.46. The van der Waals surface area contributed by atoms with Crippen molar-refractivity contribution in [2.45, 2.75) is 19.8 Å².